The molecule has 6 aromatic heterocycles. The number of benzene rings is 4. The van der Waals surface area contributed by atoms with Crippen molar-refractivity contribution >= 4 is 134 Å². The first kappa shape index (κ1) is 56.9. The van der Waals surface area contributed by atoms with Gasteiger partial charge in [0.05, 0.1) is 33.7 Å². The number of aryl methyl sites for hydroxylation is 1. The minimum absolute atomic E-state index is 0.0597. The molecular formula is C49H35Br2ClF6N10O7S3. The molecule has 0 radical (unpaired) electrons. The first-order valence-electron chi connectivity index (χ1n) is 22.2. The van der Waals surface area contributed by atoms with Crippen LogP contribution in [0.25, 0.3) is 43.6 Å². The summed E-state index contributed by atoms with van der Waals surface area (Å²) in [5.41, 5.74) is 1.57. The minimum Gasteiger partial charge on any atom is -0.385 e. The molecule has 4 aromatic carbocycles. The Morgan fingerprint density at radius 3 is 1.94 bits per heavy atom. The van der Waals surface area contributed by atoms with Crippen LogP contribution in [0.5, 0.6) is 0 Å². The Balaban J connectivity index is 0.000000155. The molecule has 78 heavy (non-hydrogen) atoms. The Labute approximate surface area is 460 Å². The van der Waals surface area contributed by atoms with Gasteiger partial charge in [-0.2, -0.15) is 24.0 Å². The van der Waals surface area contributed by atoms with E-state index in [1.165, 1.54) is 37.8 Å². The van der Waals surface area contributed by atoms with E-state index in [1.54, 1.807) is 48.7 Å². The molecule has 0 spiro atoms. The van der Waals surface area contributed by atoms with Crippen LogP contribution in [0.1, 0.15) is 17.5 Å². The lowest BCUT2D eigenvalue weighted by Crippen LogP contribution is -2.16. The summed E-state index contributed by atoms with van der Waals surface area (Å²) < 4.78 is 171. The van der Waals surface area contributed by atoms with Gasteiger partial charge in [0.2, 0.25) is 11.9 Å². The molecule has 0 amide bonds. The second-order valence-electron chi connectivity index (χ2n) is 16.4. The van der Waals surface area contributed by atoms with Gasteiger partial charge in [-0.25, -0.2) is 42.8 Å². The van der Waals surface area contributed by atoms with E-state index in [0.29, 0.717) is 56.3 Å². The standard InChI is InChI=1S/C19H12F2N4O2S.C17H16BrF2N3O3S.C13H7BrClF2N3O2S/c20-14-9-16(15(21)8-12(14)5-6-22)25-28(26,27)17-10-24-19-13(17)4-3-11-2-1-7-23-18(11)19;1-26-6-2-3-10-7-13(19)17(22-16(10)20)23-27(24,25)15-9-21-14-8-11(18)4-5-12(14)15;14-8-4-9(16)13(19-12(8)17)20-23(21,22)11-5-18-10-3-6(15)1-2-7(10)11/h1-4,7-10,23,25H,5H2;4-5,7-9,21H,2-3,6H2,1H3,(H,22,23);1-5,18H,(H,19,20). The number of nitrogens with one attached hydrogen (secondary N) is 6. The SMILES string of the molecule is COCCCc1cc(F)c(NS(=O)(=O)c2c[nH]c3cc(Br)ccc23)nc1F.N#CCc1cc(F)c(NS(=O)(=O)c2cnc3c2ccc2ccc[nH]c23)cc1F.O=S(=O)(Nc1nc(F)c(Br)cc1F)c1c[nH]c2cc(Cl)ccc12. The van der Waals surface area contributed by atoms with Crippen LogP contribution in [0, 0.1) is 46.5 Å². The fourth-order valence-electron chi connectivity index (χ4n) is 7.63. The Kier molecular flexibility index (Phi) is 17.1. The lowest BCUT2D eigenvalue weighted by Gasteiger charge is -2.10. The number of nitriles is 1. The number of pyridine rings is 3. The van der Waals surface area contributed by atoms with Crippen molar-refractivity contribution < 1.29 is 56.3 Å². The highest BCUT2D eigenvalue weighted by Gasteiger charge is 2.26. The molecular weight excluding hydrogens is 1250 g/mol. The molecule has 6 N–H and O–H groups in total. The number of rotatable bonds is 14. The van der Waals surface area contributed by atoms with Crippen molar-refractivity contribution in [1.82, 2.24) is 29.9 Å². The molecule has 0 bridgehead atoms. The van der Waals surface area contributed by atoms with Crippen molar-refractivity contribution in [1.29, 1.82) is 5.26 Å². The van der Waals surface area contributed by atoms with Crippen molar-refractivity contribution in [3.63, 3.8) is 0 Å². The normalized spacial score (nSPS) is 11.8. The zero-order chi connectivity index (χ0) is 56.3. The van der Waals surface area contributed by atoms with Crippen LogP contribution in [-0.2, 0) is 47.6 Å². The smallest absolute Gasteiger partial charge is 0.265 e. The molecule has 0 aliphatic carbocycles. The maximum Gasteiger partial charge on any atom is 0.265 e. The van der Waals surface area contributed by atoms with Crippen LogP contribution in [-0.4, -0.2) is 68.9 Å². The summed E-state index contributed by atoms with van der Waals surface area (Å²) in [4.78, 5) is 19.1. The Hall–Kier alpha value is -7.26. The molecule has 404 valence electrons. The summed E-state index contributed by atoms with van der Waals surface area (Å²) in [7, 11) is -11.1. The van der Waals surface area contributed by atoms with Gasteiger partial charge in [-0.3, -0.25) is 19.2 Å². The van der Waals surface area contributed by atoms with Gasteiger partial charge in [0.15, 0.2) is 23.3 Å². The zero-order valence-electron chi connectivity index (χ0n) is 39.5. The second kappa shape index (κ2) is 23.4. The number of halogens is 9. The molecule has 29 heteroatoms. The zero-order valence-corrected chi connectivity index (χ0v) is 45.9. The van der Waals surface area contributed by atoms with E-state index >= 15 is 0 Å². The third-order valence-corrected chi connectivity index (χ3v) is 16.7. The highest BCUT2D eigenvalue weighted by molar-refractivity contribution is 9.10. The fourth-order valence-corrected chi connectivity index (χ4v) is 12.0. The molecule has 10 aromatic rings. The van der Waals surface area contributed by atoms with Crippen LogP contribution in [0.15, 0.2) is 133 Å². The molecule has 6 heterocycles. The molecule has 0 aliphatic heterocycles. The largest absolute Gasteiger partial charge is 0.385 e. The number of hydrogen-bond acceptors (Lipinski definition) is 11. The topological polar surface area (TPSA) is 258 Å². The summed E-state index contributed by atoms with van der Waals surface area (Å²) in [6.45, 7) is 0.395. The first-order valence-corrected chi connectivity index (χ1v) is 28.6. The third-order valence-electron chi connectivity index (χ3n) is 11.3. The maximum atomic E-state index is 14.3. The van der Waals surface area contributed by atoms with Crippen LogP contribution >= 0.6 is 43.5 Å². The third kappa shape index (κ3) is 12.5. The molecule has 0 saturated carbocycles. The number of ether oxygens (including phenoxy) is 1. The summed E-state index contributed by atoms with van der Waals surface area (Å²) in [6.07, 6.45) is 5.79. The Morgan fingerprint density at radius 1 is 0.667 bits per heavy atom. The predicted octanol–water partition coefficient (Wildman–Crippen LogP) is 11.9. The molecule has 0 atom stereocenters. The van der Waals surface area contributed by atoms with Gasteiger partial charge in [0.25, 0.3) is 30.1 Å². The fraction of sp³-hybridized carbons (Fsp3) is 0.102. The number of methoxy groups -OCH3 is 1. The first-order chi connectivity index (χ1) is 37.0. The average Bonchev–Trinajstić information content (AvgIpc) is 4.20. The van der Waals surface area contributed by atoms with Crippen molar-refractivity contribution in [2.45, 2.75) is 33.9 Å². The number of nitrogens with zero attached hydrogens (tertiary/aromatic N) is 4. The lowest BCUT2D eigenvalue weighted by molar-refractivity contribution is 0.195. The summed E-state index contributed by atoms with van der Waals surface area (Å²) >= 11 is 11.9. The van der Waals surface area contributed by atoms with Crippen LogP contribution in [0.4, 0.5) is 43.7 Å². The predicted molar refractivity (Wildman–Crippen MR) is 287 cm³/mol. The van der Waals surface area contributed by atoms with Gasteiger partial charge in [0, 0.05) is 97.8 Å². The van der Waals surface area contributed by atoms with E-state index in [4.69, 9.17) is 21.6 Å². The maximum absolute atomic E-state index is 14.3. The summed E-state index contributed by atoms with van der Waals surface area (Å²) in [5.74, 6) is -7.17. The summed E-state index contributed by atoms with van der Waals surface area (Å²) in [5, 5.41) is 11.0. The monoisotopic (exact) mass is 1280 g/mol. The minimum atomic E-state index is -4.23. The van der Waals surface area contributed by atoms with Gasteiger partial charge in [-0.15, -0.1) is 0 Å². The lowest BCUT2D eigenvalue weighted by atomic mass is 10.1. The van der Waals surface area contributed by atoms with E-state index < -0.39 is 82.6 Å². The van der Waals surface area contributed by atoms with Crippen LogP contribution in [0.3, 0.4) is 0 Å². The Bertz CT molecular complexity index is 4360. The number of aromatic amines is 3. The highest BCUT2D eigenvalue weighted by Crippen LogP contribution is 2.33. The molecule has 17 nitrogen and oxygen atoms in total. The van der Waals surface area contributed by atoms with E-state index in [0.717, 1.165) is 34.1 Å². The van der Waals surface area contributed by atoms with Crippen molar-refractivity contribution in [3.8, 4) is 6.07 Å². The van der Waals surface area contributed by atoms with Gasteiger partial charge in [-0.05, 0) is 83.4 Å². The van der Waals surface area contributed by atoms with Crippen molar-refractivity contribution in [2.24, 2.45) is 0 Å². The molecule has 0 saturated heterocycles. The van der Waals surface area contributed by atoms with Gasteiger partial charge < -0.3 is 19.7 Å². The molecule has 0 fully saturated rings. The molecule has 10 rings (SSSR count). The Morgan fingerprint density at radius 2 is 1.27 bits per heavy atom. The van der Waals surface area contributed by atoms with Crippen LogP contribution in [0.2, 0.25) is 5.02 Å². The average molecular weight is 1280 g/mol. The quantitative estimate of drug-likeness (QED) is 0.0339. The van der Waals surface area contributed by atoms with Crippen LogP contribution < -0.4 is 14.2 Å². The van der Waals surface area contributed by atoms with Gasteiger partial charge >= 0.3 is 0 Å². The number of anilines is 3. The molecule has 0 aliphatic rings. The second-order valence-corrected chi connectivity index (χ2v) is 23.6. The van der Waals surface area contributed by atoms with E-state index in [-0.39, 0.29) is 43.1 Å². The van der Waals surface area contributed by atoms with E-state index in [9.17, 15) is 51.6 Å². The van der Waals surface area contributed by atoms with Gasteiger partial charge in [0.1, 0.15) is 26.3 Å². The number of fused-ring (bicyclic) bond motifs is 5. The highest BCUT2D eigenvalue weighted by atomic mass is 79.9. The number of H-pyrrole nitrogens is 3. The van der Waals surface area contributed by atoms with E-state index in [1.807, 2.05) is 21.6 Å². The number of aromatic nitrogens is 6. The van der Waals surface area contributed by atoms with Crippen molar-refractivity contribution in [2.75, 3.05) is 27.9 Å². The number of hydrogen-bond donors (Lipinski definition) is 6. The molecule has 0 unspecified atom stereocenters. The van der Waals surface area contributed by atoms with Gasteiger partial charge in [-0.1, -0.05) is 51.8 Å². The summed E-state index contributed by atoms with van der Waals surface area (Å²) in [6, 6.07) is 21.6. The van der Waals surface area contributed by atoms with Crippen molar-refractivity contribution in [3.05, 3.63) is 170 Å². The van der Waals surface area contributed by atoms with E-state index in [2.05, 4.69) is 66.5 Å². The number of sulfonamides is 3.